The smallest absolute Gasteiger partial charge is 0.174 e. The lowest BCUT2D eigenvalue weighted by atomic mass is 9.85. The van der Waals surface area contributed by atoms with Gasteiger partial charge in [0.15, 0.2) is 6.61 Å². The largest absolute Gasteiger partial charge is 0.479 e. The summed E-state index contributed by atoms with van der Waals surface area (Å²) in [4.78, 5) is 9.11. The van der Waals surface area contributed by atoms with Crippen LogP contribution in [-0.2, 0) is 0 Å². The van der Waals surface area contributed by atoms with Gasteiger partial charge in [-0.3, -0.25) is 4.40 Å². The Kier molecular flexibility index (Phi) is 3.54. The fraction of sp³-hybridized carbons (Fsp3) is 0.278. The summed E-state index contributed by atoms with van der Waals surface area (Å²) in [6.45, 7) is 0.0183. The third-order valence-electron chi connectivity index (χ3n) is 4.49. The van der Waals surface area contributed by atoms with Crippen LogP contribution in [0.2, 0.25) is 0 Å². The highest BCUT2D eigenvalue weighted by molar-refractivity contribution is 5.85. The number of imidazole rings is 1. The molecule has 2 heterocycles. The minimum Gasteiger partial charge on any atom is -0.479 e. The van der Waals surface area contributed by atoms with Crippen LogP contribution < -0.4 is 10.5 Å². The summed E-state index contributed by atoms with van der Waals surface area (Å²) in [6.07, 6.45) is 7.19. The lowest BCUT2D eigenvalue weighted by Crippen LogP contribution is -2.12. The molecule has 1 fully saturated rings. The van der Waals surface area contributed by atoms with E-state index in [1.54, 1.807) is 6.20 Å². The maximum absolute atomic E-state index is 8.67. The predicted molar refractivity (Wildman–Crippen MR) is 90.5 cm³/mol. The highest BCUT2D eigenvalue weighted by Gasteiger charge is 2.26. The normalized spacial score (nSPS) is 14.3. The summed E-state index contributed by atoms with van der Waals surface area (Å²) >= 11 is 0. The lowest BCUT2D eigenvalue weighted by Gasteiger charge is -2.23. The zero-order valence-electron chi connectivity index (χ0n) is 13.1. The molecule has 1 aliphatic rings. The molecule has 1 aromatic carbocycles. The van der Waals surface area contributed by atoms with Gasteiger partial charge in [-0.25, -0.2) is 9.97 Å². The van der Waals surface area contributed by atoms with Crippen molar-refractivity contribution in [2.24, 2.45) is 0 Å². The Morgan fingerprint density at radius 2 is 2.25 bits per heavy atom. The standard InChI is InChI=1S/C18H17N5O/c19-7-10-24-14-6-2-5-13(11-14)15-16-17(20)21-8-9-23(16)18(22-15)12-3-1-4-12/h2,5-6,8-9,11-12H,1,3-4,10H2,(H2,20,21). The molecule has 0 aliphatic heterocycles. The molecule has 2 N–H and O–H groups in total. The first-order chi connectivity index (χ1) is 11.8. The van der Waals surface area contributed by atoms with Crippen molar-refractivity contribution in [1.29, 1.82) is 5.26 Å². The third-order valence-corrected chi connectivity index (χ3v) is 4.49. The average Bonchev–Trinajstić information content (AvgIpc) is 2.93. The molecule has 0 spiro atoms. The highest BCUT2D eigenvalue weighted by atomic mass is 16.5. The van der Waals surface area contributed by atoms with Gasteiger partial charge in [-0.15, -0.1) is 0 Å². The van der Waals surface area contributed by atoms with Crippen LogP contribution in [0.15, 0.2) is 36.7 Å². The summed E-state index contributed by atoms with van der Waals surface area (Å²) < 4.78 is 7.46. The summed E-state index contributed by atoms with van der Waals surface area (Å²) in [6, 6.07) is 9.55. The van der Waals surface area contributed by atoms with Gasteiger partial charge in [0.1, 0.15) is 34.7 Å². The maximum Gasteiger partial charge on any atom is 0.174 e. The fourth-order valence-electron chi connectivity index (χ4n) is 3.09. The van der Waals surface area contributed by atoms with Crippen LogP contribution in [0.5, 0.6) is 5.75 Å². The first-order valence-electron chi connectivity index (χ1n) is 8.00. The van der Waals surface area contributed by atoms with E-state index in [0.29, 0.717) is 17.5 Å². The molecular weight excluding hydrogens is 302 g/mol. The molecule has 24 heavy (non-hydrogen) atoms. The van der Waals surface area contributed by atoms with Crippen LogP contribution in [0, 0.1) is 11.3 Å². The topological polar surface area (TPSA) is 89.2 Å². The number of rotatable bonds is 4. The van der Waals surface area contributed by atoms with E-state index in [-0.39, 0.29) is 6.61 Å². The number of benzene rings is 1. The predicted octanol–water partition coefficient (Wildman–Crippen LogP) is 3.15. The number of nitriles is 1. The lowest BCUT2D eigenvalue weighted by molar-refractivity contribution is 0.368. The first kappa shape index (κ1) is 14.5. The molecular formula is C18H17N5O. The van der Waals surface area contributed by atoms with Gasteiger partial charge in [0.05, 0.1) is 0 Å². The minimum atomic E-state index is 0.0183. The fourth-order valence-corrected chi connectivity index (χ4v) is 3.09. The second kappa shape index (κ2) is 5.85. The number of fused-ring (bicyclic) bond motifs is 1. The number of nitrogen functional groups attached to an aromatic ring is 1. The van der Waals surface area contributed by atoms with Crippen LogP contribution in [0.3, 0.4) is 0 Å². The molecule has 6 heteroatoms. The van der Waals surface area contributed by atoms with Gasteiger partial charge in [-0.05, 0) is 25.0 Å². The first-order valence-corrected chi connectivity index (χ1v) is 8.00. The van der Waals surface area contributed by atoms with E-state index >= 15 is 0 Å². The maximum atomic E-state index is 8.67. The molecule has 2 aromatic heterocycles. The molecule has 0 radical (unpaired) electrons. The summed E-state index contributed by atoms with van der Waals surface area (Å²) in [5, 5.41) is 8.67. The second-order valence-corrected chi connectivity index (χ2v) is 5.95. The van der Waals surface area contributed by atoms with Crippen LogP contribution >= 0.6 is 0 Å². The van der Waals surface area contributed by atoms with E-state index in [1.807, 2.05) is 36.5 Å². The molecule has 4 rings (SSSR count). The summed E-state index contributed by atoms with van der Waals surface area (Å²) in [5.41, 5.74) is 8.69. The number of nitrogens with two attached hydrogens (primary N) is 1. The van der Waals surface area contributed by atoms with E-state index in [9.17, 15) is 0 Å². The van der Waals surface area contributed by atoms with E-state index < -0.39 is 0 Å². The number of hydrogen-bond donors (Lipinski definition) is 1. The zero-order valence-corrected chi connectivity index (χ0v) is 13.1. The highest BCUT2D eigenvalue weighted by Crippen LogP contribution is 2.39. The summed E-state index contributed by atoms with van der Waals surface area (Å²) in [7, 11) is 0. The third kappa shape index (κ3) is 2.35. The second-order valence-electron chi connectivity index (χ2n) is 5.95. The molecule has 0 unspecified atom stereocenters. The van der Waals surface area contributed by atoms with Gasteiger partial charge < -0.3 is 10.5 Å². The Morgan fingerprint density at radius 3 is 3.00 bits per heavy atom. The Balaban J connectivity index is 1.86. The van der Waals surface area contributed by atoms with Gasteiger partial charge >= 0.3 is 0 Å². The molecule has 0 amide bonds. The van der Waals surface area contributed by atoms with Crippen molar-refractivity contribution in [3.05, 3.63) is 42.5 Å². The van der Waals surface area contributed by atoms with Gasteiger partial charge in [0.2, 0.25) is 0 Å². The van der Waals surface area contributed by atoms with Gasteiger partial charge in [-0.1, -0.05) is 18.6 Å². The molecule has 1 aliphatic carbocycles. The van der Waals surface area contributed by atoms with Crippen molar-refractivity contribution in [1.82, 2.24) is 14.4 Å². The van der Waals surface area contributed by atoms with E-state index in [2.05, 4.69) is 9.38 Å². The van der Waals surface area contributed by atoms with Crippen LogP contribution in [0.4, 0.5) is 5.82 Å². The molecule has 3 aromatic rings. The van der Waals surface area contributed by atoms with Crippen LogP contribution in [0.1, 0.15) is 31.0 Å². The molecule has 120 valence electrons. The molecule has 0 atom stereocenters. The zero-order chi connectivity index (χ0) is 16.5. The number of hydrogen-bond acceptors (Lipinski definition) is 5. The number of ether oxygens (including phenoxy) is 1. The monoisotopic (exact) mass is 319 g/mol. The Bertz CT molecular complexity index is 936. The number of aromatic nitrogens is 3. The van der Waals surface area contributed by atoms with Crippen LogP contribution in [-0.4, -0.2) is 21.0 Å². The van der Waals surface area contributed by atoms with E-state index in [1.165, 1.54) is 6.42 Å². The molecule has 1 saturated carbocycles. The Labute approximate surface area is 139 Å². The SMILES string of the molecule is N#CCOc1cccc(-c2nc(C3CCC3)n3ccnc(N)c23)c1. The van der Waals surface area contributed by atoms with Crippen molar-refractivity contribution in [2.45, 2.75) is 25.2 Å². The van der Waals surface area contributed by atoms with Gasteiger partial charge in [0.25, 0.3) is 0 Å². The van der Waals surface area contributed by atoms with Crippen molar-refractivity contribution in [3.63, 3.8) is 0 Å². The summed E-state index contributed by atoms with van der Waals surface area (Å²) in [5.74, 6) is 2.63. The van der Waals surface area contributed by atoms with Gasteiger partial charge in [-0.2, -0.15) is 5.26 Å². The van der Waals surface area contributed by atoms with Gasteiger partial charge in [0, 0.05) is 23.9 Å². The molecule has 6 nitrogen and oxygen atoms in total. The van der Waals surface area contributed by atoms with Crippen molar-refractivity contribution in [3.8, 4) is 23.1 Å². The minimum absolute atomic E-state index is 0.0183. The van der Waals surface area contributed by atoms with E-state index in [0.717, 1.165) is 35.4 Å². The number of anilines is 1. The Morgan fingerprint density at radius 1 is 1.38 bits per heavy atom. The van der Waals surface area contributed by atoms with Crippen LogP contribution in [0.25, 0.3) is 16.8 Å². The van der Waals surface area contributed by atoms with Crippen molar-refractivity contribution in [2.75, 3.05) is 12.3 Å². The van der Waals surface area contributed by atoms with Crippen molar-refractivity contribution < 1.29 is 4.74 Å². The number of nitrogens with zero attached hydrogens (tertiary/aromatic N) is 4. The average molecular weight is 319 g/mol. The van der Waals surface area contributed by atoms with Crippen molar-refractivity contribution >= 4 is 11.3 Å². The Hall–Kier alpha value is -3.07. The molecule has 0 bridgehead atoms. The molecule has 0 saturated heterocycles. The van der Waals surface area contributed by atoms with E-state index in [4.69, 9.17) is 20.7 Å². The quantitative estimate of drug-likeness (QED) is 0.798.